The molecule has 0 bridgehead atoms. The molecule has 4 heterocycles. The molecule has 6 aromatic carbocycles. The monoisotopic (exact) mass is 1470 g/mol. The average Bonchev–Trinajstić information content (AvgIpc) is 0.812. The van der Waals surface area contributed by atoms with Crippen molar-refractivity contribution in [3.8, 4) is 0 Å². The number of nitro benzene ring substituents is 3. The van der Waals surface area contributed by atoms with Crippen molar-refractivity contribution in [2.75, 3.05) is 143 Å². The molecule has 10 N–H and O–H groups in total. The lowest BCUT2D eigenvalue weighted by molar-refractivity contribution is -0.385. The maximum Gasteiger partial charge on any atom is 0.306 e. The molecule has 0 aromatic heterocycles. The first-order chi connectivity index (χ1) is 46.0. The molecule has 0 unspecified atom stereocenters. The van der Waals surface area contributed by atoms with Gasteiger partial charge in [-0.3, -0.25) is 40.0 Å². The van der Waals surface area contributed by atoms with Crippen LogP contribution in [0.1, 0.15) is 55.9 Å². The molecule has 4 saturated heterocycles. The van der Waals surface area contributed by atoms with Gasteiger partial charge in [-0.1, -0.05) is 76.6 Å². The molecule has 27 nitrogen and oxygen atoms in total. The van der Waals surface area contributed by atoms with E-state index >= 15 is 0 Å². The Balaban J connectivity index is 0.000000293. The van der Waals surface area contributed by atoms with E-state index in [9.17, 15) is 52.0 Å². The molecule has 31 heteroatoms. The lowest BCUT2D eigenvalue weighted by Gasteiger charge is -2.31. The zero-order valence-electron chi connectivity index (χ0n) is 55.8. The Kier molecular flexibility index (Phi) is 39.2. The second-order valence-electron chi connectivity index (χ2n) is 23.2. The number of aryl methyl sites for hydroxylation is 1. The minimum atomic E-state index is -3.89. The van der Waals surface area contributed by atoms with Gasteiger partial charge in [-0.25, -0.2) is 16.8 Å². The Morgan fingerprint density at radius 1 is 0.567 bits per heavy atom. The molecule has 0 saturated carbocycles. The number of nitrogen functional groups attached to an aromatic ring is 3. The Bertz CT molecular complexity index is 3480. The molecule has 0 amide bonds. The maximum absolute atomic E-state index is 12.3. The Morgan fingerprint density at radius 2 is 1.02 bits per heavy atom. The van der Waals surface area contributed by atoms with Crippen LogP contribution >= 0.6 is 26.6 Å². The summed E-state index contributed by atoms with van der Waals surface area (Å²) >= 11 is 3.25. The van der Waals surface area contributed by atoms with Gasteiger partial charge in [0.2, 0.25) is 10.0 Å². The van der Waals surface area contributed by atoms with Gasteiger partial charge >= 0.3 is 5.97 Å². The fraction of sp³-hybridized carbons (Fsp3) is 0.439. The minimum absolute atomic E-state index is 0.121. The summed E-state index contributed by atoms with van der Waals surface area (Å²) in [7, 11) is 1.86. The van der Waals surface area contributed by atoms with Gasteiger partial charge < -0.3 is 57.6 Å². The van der Waals surface area contributed by atoms with Gasteiger partial charge in [0.1, 0.15) is 5.60 Å². The molecule has 6 aromatic rings. The molecular formula is C66H95BrClN13O14S2. The highest BCUT2D eigenvalue weighted by molar-refractivity contribution is 9.08. The summed E-state index contributed by atoms with van der Waals surface area (Å²) in [6.45, 7) is 22.2. The van der Waals surface area contributed by atoms with E-state index in [4.69, 9.17) is 47.8 Å². The first-order valence-corrected chi connectivity index (χ1v) is 36.2. The molecule has 97 heavy (non-hydrogen) atoms. The molecule has 0 radical (unpaired) electrons. The average molecular weight is 1470 g/mol. The SMILES string of the molecule is C1COCCN1.CC(C)(C)OC(=O)CCCc1ccc(N)cc1.CN1CCN(S(=O)(=O)c2cccc(N)c2)CC1.CN1CCNCC1.NCCc1ccc([N+](=O)[O-])cc1.Nc1ccc(CN2CCOCC2)cc1.O=[N+]([O-])c1ccc(CBr)cc1.O=[N+]([O-])c1cccc(S(=O)(=O)Cl)c1. The summed E-state index contributed by atoms with van der Waals surface area (Å²) < 4.78 is 63.2. The van der Waals surface area contributed by atoms with Crippen LogP contribution in [-0.4, -0.2) is 188 Å². The van der Waals surface area contributed by atoms with Gasteiger partial charge in [0.25, 0.3) is 26.1 Å². The number of sulfonamides is 1. The van der Waals surface area contributed by atoms with Gasteiger partial charge in [0, 0.05) is 161 Å². The third-order valence-corrected chi connectivity index (χ3v) is 18.0. The summed E-state index contributed by atoms with van der Waals surface area (Å²) in [5.74, 6) is -0.132. The van der Waals surface area contributed by atoms with Gasteiger partial charge in [-0.15, -0.1) is 0 Å². The fourth-order valence-corrected chi connectivity index (χ4v) is 11.3. The number of hydrogen-bond acceptors (Lipinski definition) is 23. The lowest BCUT2D eigenvalue weighted by atomic mass is 10.1. The highest BCUT2D eigenvalue weighted by atomic mass is 79.9. The zero-order valence-corrected chi connectivity index (χ0v) is 59.8. The number of likely N-dealkylation sites (N-methyl/N-ethyl adjacent to an activating group) is 2. The topological polar surface area (TPSA) is 384 Å². The molecule has 4 fully saturated rings. The number of carbonyl (C=O) groups is 1. The first-order valence-electron chi connectivity index (χ1n) is 31.3. The van der Waals surface area contributed by atoms with E-state index in [0.717, 1.165) is 138 Å². The Morgan fingerprint density at radius 3 is 1.45 bits per heavy atom. The number of non-ortho nitro benzene ring substituents is 3. The van der Waals surface area contributed by atoms with Crippen LogP contribution in [0.5, 0.6) is 0 Å². The quantitative estimate of drug-likeness (QED) is 0.0140. The van der Waals surface area contributed by atoms with E-state index in [-0.39, 0.29) is 32.8 Å². The summed E-state index contributed by atoms with van der Waals surface area (Å²) in [5.41, 5.74) is 28.4. The maximum atomic E-state index is 12.3. The van der Waals surface area contributed by atoms with Crippen molar-refractivity contribution >= 4 is 85.8 Å². The number of nitrogens with two attached hydrogens (primary N) is 4. The zero-order chi connectivity index (χ0) is 71.8. The number of rotatable bonds is 15. The Hall–Kier alpha value is -7.30. The molecule has 4 aliphatic heterocycles. The van der Waals surface area contributed by atoms with Crippen molar-refractivity contribution in [3.05, 3.63) is 198 Å². The summed E-state index contributed by atoms with van der Waals surface area (Å²) in [6.07, 6.45) is 2.90. The molecular weight excluding hydrogens is 1380 g/mol. The van der Waals surface area contributed by atoms with Crippen LogP contribution in [0.25, 0.3) is 0 Å². The van der Waals surface area contributed by atoms with Gasteiger partial charge in [-0.05, 0) is 131 Å². The normalized spacial score (nSPS) is 15.1. The summed E-state index contributed by atoms with van der Waals surface area (Å²) in [4.78, 5) is 47.5. The number of anilines is 3. The van der Waals surface area contributed by atoms with E-state index in [1.165, 1.54) is 77.1 Å². The number of nitrogens with zero attached hydrogens (tertiary/aromatic N) is 7. The van der Waals surface area contributed by atoms with E-state index < -0.39 is 39.4 Å². The van der Waals surface area contributed by atoms with Gasteiger partial charge in [-0.2, -0.15) is 4.31 Å². The van der Waals surface area contributed by atoms with Crippen molar-refractivity contribution < 1.29 is 50.6 Å². The summed E-state index contributed by atoms with van der Waals surface area (Å²) in [6, 6.07) is 39.7. The molecule has 10 rings (SSSR count). The first kappa shape index (κ1) is 83.9. The minimum Gasteiger partial charge on any atom is -0.460 e. The van der Waals surface area contributed by atoms with E-state index in [1.54, 1.807) is 42.5 Å². The molecule has 4 aliphatic rings. The Labute approximate surface area is 583 Å². The van der Waals surface area contributed by atoms with Crippen molar-refractivity contribution in [2.24, 2.45) is 5.73 Å². The van der Waals surface area contributed by atoms with Crippen LogP contribution in [0, 0.1) is 30.3 Å². The van der Waals surface area contributed by atoms with Crippen LogP contribution in [0.2, 0.25) is 0 Å². The van der Waals surface area contributed by atoms with Crippen LogP contribution in [0.4, 0.5) is 34.1 Å². The number of nitro groups is 3. The lowest BCUT2D eigenvalue weighted by Crippen LogP contribution is -2.47. The second kappa shape index (κ2) is 45.3. The van der Waals surface area contributed by atoms with Crippen molar-refractivity contribution in [1.29, 1.82) is 0 Å². The van der Waals surface area contributed by atoms with Crippen LogP contribution < -0.4 is 33.6 Å². The number of ether oxygens (including phenoxy) is 3. The number of halogens is 2. The van der Waals surface area contributed by atoms with Gasteiger partial charge in [0.15, 0.2) is 0 Å². The number of nitrogens with one attached hydrogen (secondary N) is 2. The predicted octanol–water partition coefficient (Wildman–Crippen LogP) is 8.47. The largest absolute Gasteiger partial charge is 0.460 e. The standard InChI is InChI=1S/C14H21NO2.C11H17N3O2S.C11H16N2O.C8H10N2O2.C7H6BrNO2.C6H4ClNO4S.C5H12N2.C4H9NO/c1-14(2,3)17-13(16)6-4-5-11-7-9-12(15)10-8-11;1-13-5-7-14(8-6-13)17(15,16)11-4-2-3-10(12)9-11;12-11-3-1-10(2-4-11)9-13-5-7-14-8-6-13;9-6-5-7-1-3-8(4-2-7)10(11)12;8-5-6-1-3-7(4-2-6)9(10)11;7-13(11,12)6-3-1-2-5(4-6)8(9)10;1-7-4-2-6-3-5-7;1-3-6-4-2-5-1/h7-10H,4-6,15H2,1-3H3;2-4,9H,5-8,12H2,1H3;1-4H,5-9,12H2;1-4H,5-6,9H2;1-4H,5H2;1-4H;6H,2-5H2,1H3;5H,1-4H2. The van der Waals surface area contributed by atoms with Gasteiger partial charge in [0.05, 0.1) is 51.0 Å². The summed E-state index contributed by atoms with van der Waals surface area (Å²) in [5, 5.41) is 37.9. The fourth-order valence-electron chi connectivity index (χ4n) is 8.71. The van der Waals surface area contributed by atoms with Crippen LogP contribution in [0.15, 0.2) is 155 Å². The molecule has 0 spiro atoms. The molecule has 534 valence electrons. The third-order valence-electron chi connectivity index (χ3n) is 14.1. The number of piperazine rings is 2. The van der Waals surface area contributed by atoms with Crippen molar-refractivity contribution in [1.82, 2.24) is 29.6 Å². The highest BCUT2D eigenvalue weighted by Gasteiger charge is 2.27. The smallest absolute Gasteiger partial charge is 0.306 e. The van der Waals surface area contributed by atoms with Crippen LogP contribution in [0.3, 0.4) is 0 Å². The number of benzene rings is 6. The van der Waals surface area contributed by atoms with Crippen molar-refractivity contribution in [3.63, 3.8) is 0 Å². The predicted molar refractivity (Wildman–Crippen MR) is 385 cm³/mol. The molecule has 0 atom stereocenters. The number of esters is 1. The highest BCUT2D eigenvalue weighted by Crippen LogP contribution is 2.22. The number of hydrogen-bond donors (Lipinski definition) is 6. The number of morpholine rings is 2. The van der Waals surface area contributed by atoms with E-state index in [2.05, 4.69) is 60.4 Å². The van der Waals surface area contributed by atoms with Crippen molar-refractivity contribution in [2.45, 2.75) is 73.7 Å². The second-order valence-corrected chi connectivity index (χ2v) is 28.3. The van der Waals surface area contributed by atoms with E-state index in [0.29, 0.717) is 31.7 Å². The third kappa shape index (κ3) is 36.7. The number of carbonyl (C=O) groups excluding carboxylic acids is 1. The van der Waals surface area contributed by atoms with E-state index in [1.807, 2.05) is 64.2 Å². The molecule has 0 aliphatic carbocycles. The number of alkyl halides is 1. The van der Waals surface area contributed by atoms with Crippen LogP contribution in [-0.2, 0) is 62.8 Å².